The van der Waals surface area contributed by atoms with E-state index < -0.39 is 30.0 Å². The number of nitrogens with one attached hydrogen (secondary N) is 1. The molecule has 9 nitrogen and oxygen atoms in total. The van der Waals surface area contributed by atoms with Crippen LogP contribution in [0, 0.1) is 6.92 Å². The van der Waals surface area contributed by atoms with Gasteiger partial charge in [0.15, 0.2) is 6.10 Å². The molecule has 1 aliphatic rings. The van der Waals surface area contributed by atoms with Crippen molar-refractivity contribution in [2.24, 2.45) is 0 Å². The summed E-state index contributed by atoms with van der Waals surface area (Å²) in [5.74, 6) is -0.934. The lowest BCUT2D eigenvalue weighted by atomic mass is 10.1. The minimum absolute atomic E-state index is 0.0292. The van der Waals surface area contributed by atoms with E-state index in [1.807, 2.05) is 31.2 Å². The third kappa shape index (κ3) is 5.48. The predicted molar refractivity (Wildman–Crippen MR) is 121 cm³/mol. The first-order chi connectivity index (χ1) is 15.2. The first-order valence-corrected chi connectivity index (χ1v) is 10.5. The molecule has 0 aliphatic heterocycles. The topological polar surface area (TPSA) is 115 Å². The van der Waals surface area contributed by atoms with Gasteiger partial charge in [0.1, 0.15) is 0 Å². The zero-order valence-corrected chi connectivity index (χ0v) is 18.9. The average Bonchev–Trinajstić information content (AvgIpc) is 2.77. The van der Waals surface area contributed by atoms with Crippen LogP contribution in [0.4, 0.5) is 5.95 Å². The van der Waals surface area contributed by atoms with Gasteiger partial charge in [0.05, 0.1) is 31.3 Å². The number of anilines is 1. The second-order valence-corrected chi connectivity index (χ2v) is 8.15. The number of aliphatic hydroxyl groups excluding tert-OH is 1. The highest BCUT2D eigenvalue weighted by atomic mass is 35.5. The van der Waals surface area contributed by atoms with Gasteiger partial charge in [0.2, 0.25) is 5.95 Å². The Hall–Kier alpha value is -2.88. The van der Waals surface area contributed by atoms with Gasteiger partial charge in [-0.2, -0.15) is 4.98 Å². The molecular formula is C21H22Cl2N4O5. The van der Waals surface area contributed by atoms with E-state index in [0.717, 1.165) is 18.2 Å². The van der Waals surface area contributed by atoms with Gasteiger partial charge in [-0.1, -0.05) is 59.1 Å². The smallest absolute Gasteiger partial charge is 0.355 e. The standard InChI is InChI=1S/C21H22Cl2N4O5/c1-12-3-5-13(6-4-12)10-26-19(24-14-7-8-15(22)16(23)9-14)25-20(30)27(21(26)31)11-17(28)18(29)32-2/h3-8,14,17,28H,9-11H2,1-2H3,(H,24,25,30). The summed E-state index contributed by atoms with van der Waals surface area (Å²) in [5.41, 5.74) is 0.186. The molecule has 11 heteroatoms. The zero-order valence-electron chi connectivity index (χ0n) is 17.4. The van der Waals surface area contributed by atoms with Gasteiger partial charge < -0.3 is 15.2 Å². The minimum Gasteiger partial charge on any atom is -0.467 e. The molecule has 170 valence electrons. The van der Waals surface area contributed by atoms with Crippen LogP contribution in [0.2, 0.25) is 0 Å². The van der Waals surface area contributed by atoms with E-state index in [2.05, 4.69) is 15.0 Å². The van der Waals surface area contributed by atoms with Crippen LogP contribution in [0.3, 0.4) is 0 Å². The third-order valence-corrected chi connectivity index (χ3v) is 5.70. The van der Waals surface area contributed by atoms with Crippen molar-refractivity contribution in [1.29, 1.82) is 0 Å². The molecule has 2 atom stereocenters. The number of allylic oxidation sites excluding steroid dienone is 2. The Kier molecular flexibility index (Phi) is 7.55. The highest BCUT2D eigenvalue weighted by Gasteiger charge is 2.23. The number of rotatable bonds is 7. The average molecular weight is 481 g/mol. The number of esters is 1. The molecule has 0 radical (unpaired) electrons. The van der Waals surface area contributed by atoms with Crippen LogP contribution in [0.25, 0.3) is 0 Å². The molecule has 0 saturated heterocycles. The quantitative estimate of drug-likeness (QED) is 0.579. The summed E-state index contributed by atoms with van der Waals surface area (Å²) in [6.07, 6.45) is 2.04. The molecule has 0 fully saturated rings. The molecule has 1 heterocycles. The van der Waals surface area contributed by atoms with E-state index in [9.17, 15) is 19.5 Å². The van der Waals surface area contributed by atoms with Crippen molar-refractivity contribution in [2.75, 3.05) is 12.4 Å². The van der Waals surface area contributed by atoms with Crippen LogP contribution >= 0.6 is 23.2 Å². The summed E-state index contributed by atoms with van der Waals surface area (Å²) >= 11 is 12.1. The van der Waals surface area contributed by atoms with Gasteiger partial charge in [0, 0.05) is 11.5 Å². The van der Waals surface area contributed by atoms with Gasteiger partial charge in [0.25, 0.3) is 0 Å². The fourth-order valence-electron chi connectivity index (χ4n) is 3.11. The number of nitrogens with zero attached hydrogens (tertiary/aromatic N) is 3. The van der Waals surface area contributed by atoms with E-state index in [0.29, 0.717) is 21.1 Å². The van der Waals surface area contributed by atoms with Crippen molar-refractivity contribution in [3.63, 3.8) is 0 Å². The van der Waals surface area contributed by atoms with Crippen LogP contribution in [0.5, 0.6) is 0 Å². The fraction of sp³-hybridized carbons (Fsp3) is 0.333. The normalized spacial score (nSPS) is 16.7. The second kappa shape index (κ2) is 10.2. The summed E-state index contributed by atoms with van der Waals surface area (Å²) < 4.78 is 6.42. The van der Waals surface area contributed by atoms with Gasteiger partial charge in [-0.3, -0.25) is 4.57 Å². The van der Waals surface area contributed by atoms with Crippen molar-refractivity contribution in [3.05, 3.63) is 78.6 Å². The van der Waals surface area contributed by atoms with E-state index in [1.165, 1.54) is 4.57 Å². The third-order valence-electron chi connectivity index (χ3n) is 4.89. The summed E-state index contributed by atoms with van der Waals surface area (Å²) in [5, 5.41) is 13.9. The fourth-order valence-corrected chi connectivity index (χ4v) is 3.49. The zero-order chi connectivity index (χ0) is 23.4. The number of carbonyl (C=O) groups is 1. The number of methoxy groups -OCH3 is 1. The monoisotopic (exact) mass is 480 g/mol. The molecule has 1 aliphatic carbocycles. The Morgan fingerprint density at radius 1 is 1.28 bits per heavy atom. The molecule has 0 bridgehead atoms. The van der Waals surface area contributed by atoms with E-state index >= 15 is 0 Å². The van der Waals surface area contributed by atoms with E-state index in [4.69, 9.17) is 23.2 Å². The summed E-state index contributed by atoms with van der Waals surface area (Å²) in [4.78, 5) is 41.3. The maximum Gasteiger partial charge on any atom is 0.355 e. The number of hydrogen-bond acceptors (Lipinski definition) is 7. The van der Waals surface area contributed by atoms with Crippen LogP contribution in [-0.4, -0.2) is 44.4 Å². The molecule has 1 aromatic carbocycles. The SMILES string of the molecule is COC(=O)C(O)Cn1c(=O)nc(NC2C=CC(Cl)=C(Cl)C2)n(Cc2ccc(C)cc2)c1=O. The number of carbonyl (C=O) groups excluding carboxylic acids is 1. The molecule has 2 N–H and O–H groups in total. The number of benzene rings is 1. The Morgan fingerprint density at radius 3 is 2.59 bits per heavy atom. The molecule has 1 aromatic heterocycles. The Labute approximate surface area is 193 Å². The first-order valence-electron chi connectivity index (χ1n) is 9.71. The van der Waals surface area contributed by atoms with Crippen molar-refractivity contribution in [1.82, 2.24) is 14.1 Å². The Balaban J connectivity index is 2.02. The van der Waals surface area contributed by atoms with Crippen molar-refractivity contribution < 1.29 is 14.6 Å². The summed E-state index contributed by atoms with van der Waals surface area (Å²) in [7, 11) is 1.10. The summed E-state index contributed by atoms with van der Waals surface area (Å²) in [6.45, 7) is 1.46. The van der Waals surface area contributed by atoms with Gasteiger partial charge in [-0.25, -0.2) is 19.0 Å². The molecule has 0 saturated carbocycles. The van der Waals surface area contributed by atoms with Crippen LogP contribution in [0.15, 0.2) is 56.1 Å². The molecule has 2 aromatic rings. The lowest BCUT2D eigenvalue weighted by Gasteiger charge is -2.22. The molecule has 32 heavy (non-hydrogen) atoms. The Morgan fingerprint density at radius 2 is 1.97 bits per heavy atom. The number of aryl methyl sites for hydroxylation is 1. The molecule has 3 rings (SSSR count). The number of hydrogen-bond donors (Lipinski definition) is 2. The Bertz CT molecular complexity index is 1180. The number of ether oxygens (including phenoxy) is 1. The number of aromatic nitrogens is 3. The maximum absolute atomic E-state index is 13.2. The minimum atomic E-state index is -1.69. The van der Waals surface area contributed by atoms with Crippen LogP contribution in [0.1, 0.15) is 17.5 Å². The molecular weight excluding hydrogens is 459 g/mol. The first kappa shape index (κ1) is 23.8. The van der Waals surface area contributed by atoms with Crippen molar-refractivity contribution in [3.8, 4) is 0 Å². The number of aliphatic hydroxyl groups is 1. The summed E-state index contributed by atoms with van der Waals surface area (Å²) in [6, 6.07) is 7.15. The van der Waals surface area contributed by atoms with Gasteiger partial charge in [-0.15, -0.1) is 0 Å². The molecule has 2 unspecified atom stereocenters. The van der Waals surface area contributed by atoms with E-state index in [1.54, 1.807) is 12.2 Å². The highest BCUT2D eigenvalue weighted by molar-refractivity contribution is 6.40. The highest BCUT2D eigenvalue weighted by Crippen LogP contribution is 2.26. The lowest BCUT2D eigenvalue weighted by Crippen LogP contribution is -2.46. The van der Waals surface area contributed by atoms with Crippen molar-refractivity contribution in [2.45, 2.75) is 38.6 Å². The van der Waals surface area contributed by atoms with Crippen molar-refractivity contribution >= 4 is 35.1 Å². The molecule has 0 amide bonds. The van der Waals surface area contributed by atoms with E-state index in [-0.39, 0.29) is 18.5 Å². The second-order valence-electron chi connectivity index (χ2n) is 7.29. The lowest BCUT2D eigenvalue weighted by molar-refractivity contribution is -0.151. The predicted octanol–water partition coefficient (Wildman–Crippen LogP) is 1.73. The largest absolute Gasteiger partial charge is 0.467 e. The van der Waals surface area contributed by atoms with Crippen LogP contribution < -0.4 is 16.7 Å². The van der Waals surface area contributed by atoms with Gasteiger partial charge >= 0.3 is 17.3 Å². The van der Waals surface area contributed by atoms with Crippen LogP contribution in [-0.2, 0) is 22.6 Å². The maximum atomic E-state index is 13.2. The molecule has 0 spiro atoms. The van der Waals surface area contributed by atoms with Gasteiger partial charge in [-0.05, 0) is 18.6 Å². The number of halogens is 2.